The molecule has 0 fully saturated rings. The zero-order valence-corrected chi connectivity index (χ0v) is 11.9. The van der Waals surface area contributed by atoms with Gasteiger partial charge in [-0.1, -0.05) is 12.2 Å². The molecule has 0 aliphatic rings. The summed E-state index contributed by atoms with van der Waals surface area (Å²) < 4.78 is 10.5. The van der Waals surface area contributed by atoms with Crippen molar-refractivity contribution in [2.45, 2.75) is 51.0 Å². The topological polar surface area (TPSA) is 120 Å². The molecule has 0 aromatic rings. The third-order valence-corrected chi connectivity index (χ3v) is 2.64. The van der Waals surface area contributed by atoms with E-state index >= 15 is 0 Å². The first-order valence-corrected chi connectivity index (χ1v) is 6.62. The Labute approximate surface area is 119 Å². The van der Waals surface area contributed by atoms with Crippen LogP contribution in [-0.2, 0) is 9.47 Å². The molecule has 0 saturated carbocycles. The fraction of sp³-hybridized carbons (Fsp3) is 0.846. The van der Waals surface area contributed by atoms with E-state index in [1.165, 1.54) is 6.92 Å². The van der Waals surface area contributed by atoms with Crippen LogP contribution in [0.5, 0.6) is 0 Å². The lowest BCUT2D eigenvalue weighted by Crippen LogP contribution is -2.42. The third-order valence-electron chi connectivity index (χ3n) is 2.64. The van der Waals surface area contributed by atoms with Gasteiger partial charge in [0.05, 0.1) is 32.0 Å². The highest BCUT2D eigenvalue weighted by atomic mass is 16.7. The van der Waals surface area contributed by atoms with Crippen molar-refractivity contribution in [1.29, 1.82) is 0 Å². The summed E-state index contributed by atoms with van der Waals surface area (Å²) in [6.07, 6.45) is -1.46. The summed E-state index contributed by atoms with van der Waals surface area (Å²) in [6, 6.07) is 0. The monoisotopic (exact) mass is 294 g/mol. The average Bonchev–Trinajstić information content (AvgIpc) is 2.41. The number of allylic oxidation sites excluding steroid dienone is 1. The van der Waals surface area contributed by atoms with Gasteiger partial charge in [-0.25, -0.2) is 0 Å². The molecule has 0 aliphatic heterocycles. The van der Waals surface area contributed by atoms with Gasteiger partial charge in [0, 0.05) is 6.42 Å². The second kappa shape index (κ2) is 11.2. The van der Waals surface area contributed by atoms with E-state index < -0.39 is 43.9 Å². The lowest BCUT2D eigenvalue weighted by molar-refractivity contribution is -0.241. The van der Waals surface area contributed by atoms with Gasteiger partial charge >= 0.3 is 0 Å². The van der Waals surface area contributed by atoms with Gasteiger partial charge in [0.1, 0.15) is 12.2 Å². The SMILES string of the molecule is C/C=C/C(O)CCOC(OC(CO)C(C)O)[C@@H](O)CO. The molecule has 0 radical (unpaired) electrons. The van der Waals surface area contributed by atoms with Gasteiger partial charge in [-0.05, 0) is 13.8 Å². The second-order valence-corrected chi connectivity index (χ2v) is 4.47. The molecule has 7 heteroatoms. The fourth-order valence-electron chi connectivity index (χ4n) is 1.43. The normalized spacial score (nSPS) is 19.8. The Morgan fingerprint density at radius 2 is 1.75 bits per heavy atom. The zero-order valence-electron chi connectivity index (χ0n) is 11.9. The van der Waals surface area contributed by atoms with Crippen molar-refractivity contribution in [1.82, 2.24) is 0 Å². The van der Waals surface area contributed by atoms with Gasteiger partial charge in [0.15, 0.2) is 6.29 Å². The van der Waals surface area contributed by atoms with E-state index in [2.05, 4.69) is 0 Å². The molecule has 4 unspecified atom stereocenters. The number of aliphatic hydroxyl groups is 5. The van der Waals surface area contributed by atoms with Crippen LogP contribution >= 0.6 is 0 Å². The summed E-state index contributed by atoms with van der Waals surface area (Å²) in [4.78, 5) is 0. The minimum absolute atomic E-state index is 0.0885. The first-order chi connectivity index (χ1) is 9.46. The van der Waals surface area contributed by atoms with E-state index in [0.717, 1.165) is 0 Å². The molecule has 0 aliphatic carbocycles. The molecular formula is C13H26O7. The summed E-state index contributed by atoms with van der Waals surface area (Å²) in [6.45, 7) is 2.27. The summed E-state index contributed by atoms with van der Waals surface area (Å²) in [5, 5.41) is 46.4. The molecule has 0 bridgehead atoms. The molecule has 20 heavy (non-hydrogen) atoms. The van der Waals surface area contributed by atoms with Crippen molar-refractivity contribution in [3.8, 4) is 0 Å². The van der Waals surface area contributed by atoms with Gasteiger partial charge in [0.25, 0.3) is 0 Å². The van der Waals surface area contributed by atoms with Crippen LogP contribution in [0.25, 0.3) is 0 Å². The van der Waals surface area contributed by atoms with Crippen LogP contribution in [0.2, 0.25) is 0 Å². The number of aliphatic hydroxyl groups excluding tert-OH is 5. The van der Waals surface area contributed by atoms with Crippen molar-refractivity contribution in [2.75, 3.05) is 19.8 Å². The number of rotatable bonds is 11. The van der Waals surface area contributed by atoms with Crippen LogP contribution in [0, 0.1) is 0 Å². The molecule has 0 aromatic carbocycles. The smallest absolute Gasteiger partial charge is 0.186 e. The van der Waals surface area contributed by atoms with Gasteiger partial charge in [-0.2, -0.15) is 0 Å². The van der Waals surface area contributed by atoms with Gasteiger partial charge in [-0.3, -0.25) is 0 Å². The summed E-state index contributed by atoms with van der Waals surface area (Å²) in [5.74, 6) is 0. The summed E-state index contributed by atoms with van der Waals surface area (Å²) >= 11 is 0. The van der Waals surface area contributed by atoms with E-state index in [1.54, 1.807) is 19.1 Å². The van der Waals surface area contributed by atoms with Crippen molar-refractivity contribution < 1.29 is 35.0 Å². The van der Waals surface area contributed by atoms with E-state index in [0.29, 0.717) is 6.42 Å². The van der Waals surface area contributed by atoms with E-state index in [1.807, 2.05) is 0 Å². The number of ether oxygens (including phenoxy) is 2. The van der Waals surface area contributed by atoms with Crippen LogP contribution in [-0.4, -0.2) is 76.1 Å². The molecule has 0 spiro atoms. The van der Waals surface area contributed by atoms with Crippen LogP contribution in [0.1, 0.15) is 20.3 Å². The zero-order chi connectivity index (χ0) is 15.5. The first-order valence-electron chi connectivity index (χ1n) is 6.62. The predicted octanol–water partition coefficient (Wildman–Crippen LogP) is -1.23. The Bertz CT molecular complexity index is 257. The maximum absolute atomic E-state index is 9.57. The van der Waals surface area contributed by atoms with Crippen LogP contribution in [0.4, 0.5) is 0 Å². The molecule has 120 valence electrons. The lowest BCUT2D eigenvalue weighted by atomic mass is 10.2. The molecule has 0 rings (SSSR count). The highest BCUT2D eigenvalue weighted by Crippen LogP contribution is 2.10. The summed E-state index contributed by atoms with van der Waals surface area (Å²) in [7, 11) is 0. The Morgan fingerprint density at radius 1 is 1.10 bits per heavy atom. The molecule has 7 nitrogen and oxygen atoms in total. The van der Waals surface area contributed by atoms with Crippen molar-refractivity contribution in [3.63, 3.8) is 0 Å². The summed E-state index contributed by atoms with van der Waals surface area (Å²) in [5.41, 5.74) is 0. The van der Waals surface area contributed by atoms with Gasteiger partial charge in [0.2, 0.25) is 0 Å². The lowest BCUT2D eigenvalue weighted by Gasteiger charge is -2.28. The minimum Gasteiger partial charge on any atom is -0.394 e. The van der Waals surface area contributed by atoms with Crippen molar-refractivity contribution in [3.05, 3.63) is 12.2 Å². The highest BCUT2D eigenvalue weighted by Gasteiger charge is 2.26. The molecule has 0 aromatic heterocycles. The maximum atomic E-state index is 9.57. The van der Waals surface area contributed by atoms with Gasteiger partial charge < -0.3 is 35.0 Å². The Morgan fingerprint density at radius 3 is 2.20 bits per heavy atom. The first kappa shape index (κ1) is 19.5. The largest absolute Gasteiger partial charge is 0.394 e. The fourth-order valence-corrected chi connectivity index (χ4v) is 1.43. The standard InChI is InChI=1S/C13H26O7/c1-3-4-10(17)5-6-19-13(11(18)7-14)20-12(8-15)9(2)16/h3-4,9-18H,5-8H2,1-2H3/b4-3+/t9?,10?,11-,12?,13?/m0/s1. The Kier molecular flexibility index (Phi) is 10.9. The van der Waals surface area contributed by atoms with Crippen LogP contribution in [0.15, 0.2) is 12.2 Å². The molecule has 5 N–H and O–H groups in total. The van der Waals surface area contributed by atoms with Crippen LogP contribution < -0.4 is 0 Å². The number of hydrogen-bond donors (Lipinski definition) is 5. The van der Waals surface area contributed by atoms with Crippen molar-refractivity contribution in [2.24, 2.45) is 0 Å². The van der Waals surface area contributed by atoms with Crippen LogP contribution in [0.3, 0.4) is 0 Å². The molecule has 0 amide bonds. The Hall–Kier alpha value is -0.540. The average molecular weight is 294 g/mol. The van der Waals surface area contributed by atoms with Crippen molar-refractivity contribution >= 4 is 0 Å². The Balaban J connectivity index is 4.35. The molecule has 5 atom stereocenters. The van der Waals surface area contributed by atoms with E-state index in [9.17, 15) is 15.3 Å². The van der Waals surface area contributed by atoms with Gasteiger partial charge in [-0.15, -0.1) is 0 Å². The molecule has 0 saturated heterocycles. The minimum atomic E-state index is -1.30. The second-order valence-electron chi connectivity index (χ2n) is 4.47. The predicted molar refractivity (Wildman–Crippen MR) is 71.9 cm³/mol. The van der Waals surface area contributed by atoms with E-state index in [-0.39, 0.29) is 6.61 Å². The molecule has 0 heterocycles. The maximum Gasteiger partial charge on any atom is 0.186 e. The third kappa shape index (κ3) is 7.91. The highest BCUT2D eigenvalue weighted by molar-refractivity contribution is 4.85. The molecular weight excluding hydrogens is 268 g/mol. The van der Waals surface area contributed by atoms with E-state index in [4.69, 9.17) is 19.7 Å². The quantitative estimate of drug-likeness (QED) is 0.239. The number of hydrogen-bond acceptors (Lipinski definition) is 7.